The zero-order valence-electron chi connectivity index (χ0n) is 16.1. The molecule has 154 valence electrons. The first-order valence-electron chi connectivity index (χ1n) is 9.68. The fourth-order valence-corrected chi connectivity index (χ4v) is 3.93. The molecule has 2 atom stereocenters. The molecule has 1 aliphatic heterocycles. The molecule has 0 unspecified atom stereocenters. The van der Waals surface area contributed by atoms with Gasteiger partial charge < -0.3 is 20.1 Å². The predicted molar refractivity (Wildman–Crippen MR) is 112 cm³/mol. The number of anilines is 1. The quantitative estimate of drug-likeness (QED) is 0.689. The maximum atomic E-state index is 12.8. The van der Waals surface area contributed by atoms with E-state index >= 15 is 0 Å². The Morgan fingerprint density at radius 2 is 1.93 bits per heavy atom. The molecule has 0 saturated carbocycles. The van der Waals surface area contributed by atoms with Gasteiger partial charge in [0.05, 0.1) is 6.04 Å². The Kier molecular flexibility index (Phi) is 7.49. The Morgan fingerprint density at radius 1 is 1.14 bits per heavy atom. The summed E-state index contributed by atoms with van der Waals surface area (Å²) in [6.07, 6.45) is 2.47. The fourth-order valence-electron chi connectivity index (χ4n) is 3.74. The number of rotatable bonds is 8. The van der Waals surface area contributed by atoms with Crippen LogP contribution in [0.25, 0.3) is 0 Å². The van der Waals surface area contributed by atoms with Gasteiger partial charge in [0.2, 0.25) is 5.91 Å². The van der Waals surface area contributed by atoms with Crippen LogP contribution in [0.5, 0.6) is 0 Å². The van der Waals surface area contributed by atoms with E-state index in [1.165, 1.54) is 0 Å². The number of halogens is 1. The number of nitrogens with zero attached hydrogens (tertiary/aromatic N) is 1. The highest BCUT2D eigenvalue weighted by atomic mass is 35.5. The van der Waals surface area contributed by atoms with E-state index in [4.69, 9.17) is 21.4 Å². The summed E-state index contributed by atoms with van der Waals surface area (Å²) in [6, 6.07) is 17.6. The number of nitrogens with one attached hydrogen (secondary N) is 1. The van der Waals surface area contributed by atoms with Crippen molar-refractivity contribution in [1.82, 2.24) is 4.90 Å². The first kappa shape index (κ1) is 21.1. The van der Waals surface area contributed by atoms with E-state index in [1.807, 2.05) is 47.4 Å². The fraction of sp³-hybridized carbons (Fsp3) is 0.364. The molecular weight excluding hydrogens is 392 g/mol. The number of hydrogen-bond donors (Lipinski definition) is 2. The van der Waals surface area contributed by atoms with Crippen LogP contribution in [0.15, 0.2) is 54.6 Å². The average molecular weight is 417 g/mol. The van der Waals surface area contributed by atoms with Crippen LogP contribution in [0.3, 0.4) is 0 Å². The maximum absolute atomic E-state index is 12.8. The van der Waals surface area contributed by atoms with Gasteiger partial charge in [0.25, 0.3) is 0 Å². The van der Waals surface area contributed by atoms with E-state index in [-0.39, 0.29) is 24.6 Å². The maximum Gasteiger partial charge on any atom is 0.329 e. The van der Waals surface area contributed by atoms with E-state index in [0.29, 0.717) is 18.0 Å². The van der Waals surface area contributed by atoms with Gasteiger partial charge in [0.1, 0.15) is 13.2 Å². The Balaban J connectivity index is 1.77. The number of hydrogen-bond acceptors (Lipinski definition) is 4. The van der Waals surface area contributed by atoms with Gasteiger partial charge in [0.15, 0.2) is 0 Å². The lowest BCUT2D eigenvalue weighted by Crippen LogP contribution is -2.55. The van der Waals surface area contributed by atoms with Crippen LogP contribution in [-0.4, -0.2) is 53.7 Å². The zero-order valence-corrected chi connectivity index (χ0v) is 16.8. The Bertz CT molecular complexity index is 831. The molecule has 2 aromatic carbocycles. The van der Waals surface area contributed by atoms with Crippen molar-refractivity contribution in [3.63, 3.8) is 0 Å². The summed E-state index contributed by atoms with van der Waals surface area (Å²) in [5.41, 5.74) is 2.05. The minimum Gasteiger partial charge on any atom is -0.480 e. The van der Waals surface area contributed by atoms with Gasteiger partial charge in [-0.05, 0) is 43.0 Å². The van der Waals surface area contributed by atoms with Gasteiger partial charge in [-0.2, -0.15) is 0 Å². The molecule has 3 rings (SSSR count). The third-order valence-electron chi connectivity index (χ3n) is 5.01. The highest BCUT2D eigenvalue weighted by molar-refractivity contribution is 6.30. The molecule has 0 spiro atoms. The Morgan fingerprint density at radius 3 is 2.66 bits per heavy atom. The molecule has 1 fully saturated rings. The number of piperidine rings is 1. The molecule has 2 aromatic rings. The number of aliphatic carboxylic acids is 1. The summed E-state index contributed by atoms with van der Waals surface area (Å²) in [7, 11) is 0. The van der Waals surface area contributed by atoms with Crippen molar-refractivity contribution < 1.29 is 19.4 Å². The molecule has 29 heavy (non-hydrogen) atoms. The molecule has 0 aromatic heterocycles. The summed E-state index contributed by atoms with van der Waals surface area (Å²) in [5.74, 6) is -1.28. The minimum absolute atomic E-state index is 0.0471. The van der Waals surface area contributed by atoms with Gasteiger partial charge in [-0.1, -0.05) is 48.0 Å². The third-order valence-corrected chi connectivity index (χ3v) is 5.25. The van der Waals surface area contributed by atoms with Gasteiger partial charge in [0, 0.05) is 23.3 Å². The van der Waals surface area contributed by atoms with Crippen molar-refractivity contribution in [1.29, 1.82) is 0 Å². The van der Waals surface area contributed by atoms with Gasteiger partial charge in [-0.15, -0.1) is 0 Å². The summed E-state index contributed by atoms with van der Waals surface area (Å²) < 4.78 is 5.05. The van der Waals surface area contributed by atoms with E-state index in [1.54, 1.807) is 0 Å². The number of ether oxygens (including phenoxy) is 1. The van der Waals surface area contributed by atoms with Crippen LogP contribution in [0, 0.1) is 0 Å². The number of carbonyl (C=O) groups excluding carboxylic acids is 1. The second-order valence-corrected chi connectivity index (χ2v) is 7.57. The summed E-state index contributed by atoms with van der Waals surface area (Å²) >= 11 is 6.12. The average Bonchev–Trinajstić information content (AvgIpc) is 2.70. The normalized spacial score (nSPS) is 19.0. The Labute approximate surface area is 175 Å². The molecule has 1 aliphatic rings. The molecule has 2 N–H and O–H groups in total. The number of carboxylic acid groups (broad SMARTS) is 1. The van der Waals surface area contributed by atoms with Crippen LogP contribution >= 0.6 is 11.6 Å². The van der Waals surface area contributed by atoms with Gasteiger partial charge in [-0.25, -0.2) is 4.79 Å². The topological polar surface area (TPSA) is 78.9 Å². The molecule has 1 saturated heterocycles. The third kappa shape index (κ3) is 6.21. The van der Waals surface area contributed by atoms with Crippen LogP contribution in [0.2, 0.25) is 5.02 Å². The van der Waals surface area contributed by atoms with Crippen molar-refractivity contribution in [3.05, 3.63) is 65.2 Å². The SMILES string of the molecule is O=C(O)COCC(=O)N1CCC[C@H](Nc2cccc(Cl)c2)[C@@H]1Cc1ccccc1. The Hall–Kier alpha value is -2.57. The van der Waals surface area contributed by atoms with Crippen LogP contribution < -0.4 is 5.32 Å². The number of benzene rings is 2. The first-order valence-corrected chi connectivity index (χ1v) is 10.1. The number of carboxylic acids is 1. The second kappa shape index (κ2) is 10.3. The number of likely N-dealkylation sites (tertiary alicyclic amines) is 1. The summed E-state index contributed by atoms with van der Waals surface area (Å²) in [5, 5.41) is 12.9. The molecule has 6 nitrogen and oxygen atoms in total. The molecule has 0 bridgehead atoms. The number of carbonyl (C=O) groups is 2. The van der Waals surface area contributed by atoms with E-state index in [9.17, 15) is 9.59 Å². The van der Waals surface area contributed by atoms with Crippen LogP contribution in [-0.2, 0) is 20.7 Å². The molecule has 7 heteroatoms. The lowest BCUT2D eigenvalue weighted by atomic mass is 9.90. The van der Waals surface area contributed by atoms with Crippen LogP contribution in [0.4, 0.5) is 5.69 Å². The molecule has 0 aliphatic carbocycles. The molecule has 1 amide bonds. The van der Waals surface area contributed by atoms with E-state index < -0.39 is 12.6 Å². The largest absolute Gasteiger partial charge is 0.480 e. The van der Waals surface area contributed by atoms with Crippen molar-refractivity contribution in [3.8, 4) is 0 Å². The van der Waals surface area contributed by atoms with Crippen LogP contribution in [0.1, 0.15) is 18.4 Å². The zero-order chi connectivity index (χ0) is 20.6. The van der Waals surface area contributed by atoms with E-state index in [2.05, 4.69) is 17.4 Å². The molecular formula is C22H25ClN2O4. The highest BCUT2D eigenvalue weighted by Crippen LogP contribution is 2.26. The van der Waals surface area contributed by atoms with Gasteiger partial charge in [-0.3, -0.25) is 4.79 Å². The minimum atomic E-state index is -1.09. The predicted octanol–water partition coefficient (Wildman–Crippen LogP) is 3.46. The second-order valence-electron chi connectivity index (χ2n) is 7.13. The lowest BCUT2D eigenvalue weighted by Gasteiger charge is -2.42. The first-order chi connectivity index (χ1) is 14.0. The van der Waals surface area contributed by atoms with Gasteiger partial charge >= 0.3 is 5.97 Å². The lowest BCUT2D eigenvalue weighted by molar-refractivity contribution is -0.147. The summed E-state index contributed by atoms with van der Waals surface area (Å²) in [6.45, 7) is -0.0882. The molecule has 0 radical (unpaired) electrons. The standard InChI is InChI=1S/C22H25ClN2O4/c23-17-8-4-9-18(13-17)24-19-10-5-11-25(21(26)14-29-15-22(27)28)20(19)12-16-6-2-1-3-7-16/h1-4,6-9,13,19-20,24H,5,10-12,14-15H2,(H,27,28)/t19-,20-/m0/s1. The highest BCUT2D eigenvalue weighted by Gasteiger charge is 2.34. The van der Waals surface area contributed by atoms with Crippen molar-refractivity contribution in [2.24, 2.45) is 0 Å². The summed E-state index contributed by atoms with van der Waals surface area (Å²) in [4.78, 5) is 25.3. The van der Waals surface area contributed by atoms with Crippen molar-refractivity contribution in [2.45, 2.75) is 31.3 Å². The smallest absolute Gasteiger partial charge is 0.329 e. The van der Waals surface area contributed by atoms with Crippen molar-refractivity contribution >= 4 is 29.2 Å². The molecule has 1 heterocycles. The van der Waals surface area contributed by atoms with E-state index in [0.717, 1.165) is 24.1 Å². The number of amides is 1. The van der Waals surface area contributed by atoms with Crippen molar-refractivity contribution in [2.75, 3.05) is 25.1 Å². The monoisotopic (exact) mass is 416 g/mol.